The molecule has 2 heterocycles. The number of halogens is 1. The van der Waals surface area contributed by atoms with E-state index in [1.165, 1.54) is 32.4 Å². The molecule has 2 aliphatic heterocycles. The summed E-state index contributed by atoms with van der Waals surface area (Å²) in [6.45, 7) is 8.81. The molecule has 2 atom stereocenters. The van der Waals surface area contributed by atoms with E-state index in [9.17, 15) is 0 Å². The van der Waals surface area contributed by atoms with Gasteiger partial charge in [-0.2, -0.15) is 0 Å². The van der Waals surface area contributed by atoms with Gasteiger partial charge in [-0.25, -0.2) is 0 Å². The summed E-state index contributed by atoms with van der Waals surface area (Å²) in [6, 6.07) is 0. The van der Waals surface area contributed by atoms with Crippen LogP contribution in [0.3, 0.4) is 0 Å². The SMILES string of the molecule is CC1CNC(C)(CC2CCNCC2)OC1.Cl. The molecule has 0 aromatic heterocycles. The van der Waals surface area contributed by atoms with Gasteiger partial charge in [0.05, 0.1) is 6.61 Å². The zero-order valence-corrected chi connectivity index (χ0v) is 11.2. The Bertz CT molecular complexity index is 199. The van der Waals surface area contributed by atoms with Crippen LogP contribution in [0, 0.1) is 11.8 Å². The van der Waals surface area contributed by atoms with Gasteiger partial charge < -0.3 is 10.1 Å². The molecule has 0 spiro atoms. The molecular weight excluding hydrogens is 224 g/mol. The molecule has 2 rings (SSSR count). The van der Waals surface area contributed by atoms with Gasteiger partial charge in [-0.15, -0.1) is 12.4 Å². The number of piperidine rings is 1. The van der Waals surface area contributed by atoms with Crippen LogP contribution < -0.4 is 10.6 Å². The van der Waals surface area contributed by atoms with E-state index in [4.69, 9.17) is 4.74 Å². The first-order valence-corrected chi connectivity index (χ1v) is 6.28. The zero-order valence-electron chi connectivity index (χ0n) is 10.4. The largest absolute Gasteiger partial charge is 0.361 e. The Morgan fingerprint density at radius 3 is 2.56 bits per heavy atom. The third-order valence-corrected chi connectivity index (χ3v) is 3.65. The second-order valence-corrected chi connectivity index (χ2v) is 5.43. The molecule has 0 bridgehead atoms. The summed E-state index contributed by atoms with van der Waals surface area (Å²) in [5.41, 5.74) is -0.0610. The maximum Gasteiger partial charge on any atom is 0.116 e. The van der Waals surface area contributed by atoms with E-state index in [0.717, 1.165) is 19.1 Å². The van der Waals surface area contributed by atoms with E-state index in [0.29, 0.717) is 5.92 Å². The Kier molecular flexibility index (Phi) is 5.51. The molecule has 2 N–H and O–H groups in total. The molecule has 0 amide bonds. The van der Waals surface area contributed by atoms with Crippen LogP contribution in [-0.2, 0) is 4.74 Å². The maximum atomic E-state index is 5.95. The first-order chi connectivity index (χ1) is 7.18. The lowest BCUT2D eigenvalue weighted by Gasteiger charge is -2.40. The molecule has 2 fully saturated rings. The fraction of sp³-hybridized carbons (Fsp3) is 1.00. The summed E-state index contributed by atoms with van der Waals surface area (Å²) in [5.74, 6) is 1.49. The van der Waals surface area contributed by atoms with Crippen LogP contribution in [0.4, 0.5) is 0 Å². The van der Waals surface area contributed by atoms with Crippen molar-refractivity contribution < 1.29 is 4.74 Å². The highest BCUT2D eigenvalue weighted by atomic mass is 35.5. The van der Waals surface area contributed by atoms with E-state index in [1.807, 2.05) is 0 Å². The summed E-state index contributed by atoms with van der Waals surface area (Å²) in [6.07, 6.45) is 3.77. The van der Waals surface area contributed by atoms with E-state index >= 15 is 0 Å². The molecule has 0 saturated carbocycles. The fourth-order valence-electron chi connectivity index (χ4n) is 2.59. The van der Waals surface area contributed by atoms with Crippen LogP contribution in [0.5, 0.6) is 0 Å². The van der Waals surface area contributed by atoms with E-state index in [-0.39, 0.29) is 18.1 Å². The molecule has 0 aromatic carbocycles. The van der Waals surface area contributed by atoms with Crippen molar-refractivity contribution in [3.05, 3.63) is 0 Å². The van der Waals surface area contributed by atoms with Crippen molar-refractivity contribution in [1.82, 2.24) is 10.6 Å². The van der Waals surface area contributed by atoms with Crippen LogP contribution in [0.25, 0.3) is 0 Å². The van der Waals surface area contributed by atoms with Gasteiger partial charge in [0.1, 0.15) is 5.72 Å². The van der Waals surface area contributed by atoms with Gasteiger partial charge in [0.25, 0.3) is 0 Å². The quantitative estimate of drug-likeness (QED) is 0.782. The maximum absolute atomic E-state index is 5.95. The van der Waals surface area contributed by atoms with Crippen LogP contribution >= 0.6 is 12.4 Å². The molecule has 0 radical (unpaired) electrons. The molecule has 0 aliphatic carbocycles. The van der Waals surface area contributed by atoms with Crippen molar-refractivity contribution in [2.45, 2.75) is 38.8 Å². The molecule has 16 heavy (non-hydrogen) atoms. The van der Waals surface area contributed by atoms with Crippen LogP contribution in [0.15, 0.2) is 0 Å². The highest BCUT2D eigenvalue weighted by Gasteiger charge is 2.32. The lowest BCUT2D eigenvalue weighted by atomic mass is 9.89. The van der Waals surface area contributed by atoms with Crippen molar-refractivity contribution in [1.29, 1.82) is 0 Å². The van der Waals surface area contributed by atoms with Crippen molar-refractivity contribution >= 4 is 12.4 Å². The van der Waals surface area contributed by atoms with Crippen molar-refractivity contribution in [3.63, 3.8) is 0 Å². The Morgan fingerprint density at radius 2 is 2.00 bits per heavy atom. The molecule has 2 unspecified atom stereocenters. The van der Waals surface area contributed by atoms with Crippen molar-refractivity contribution in [2.24, 2.45) is 11.8 Å². The van der Waals surface area contributed by atoms with Gasteiger partial charge >= 0.3 is 0 Å². The second-order valence-electron chi connectivity index (χ2n) is 5.43. The molecule has 96 valence electrons. The van der Waals surface area contributed by atoms with Gasteiger partial charge in [-0.05, 0) is 51.1 Å². The molecule has 0 aromatic rings. The lowest BCUT2D eigenvalue weighted by Crippen LogP contribution is -2.53. The molecule has 2 saturated heterocycles. The average molecular weight is 249 g/mol. The number of nitrogens with one attached hydrogen (secondary N) is 2. The summed E-state index contributed by atoms with van der Waals surface area (Å²) >= 11 is 0. The molecule has 4 heteroatoms. The topological polar surface area (TPSA) is 33.3 Å². The predicted octanol–water partition coefficient (Wildman–Crippen LogP) is 1.77. The average Bonchev–Trinajstić information content (AvgIpc) is 2.24. The highest BCUT2D eigenvalue weighted by molar-refractivity contribution is 5.85. The summed E-state index contributed by atoms with van der Waals surface area (Å²) in [7, 11) is 0. The third-order valence-electron chi connectivity index (χ3n) is 3.65. The van der Waals surface area contributed by atoms with Gasteiger partial charge in [0.2, 0.25) is 0 Å². The molecular formula is C12H25ClN2O. The number of hydrogen-bond acceptors (Lipinski definition) is 3. The standard InChI is InChI=1S/C12H24N2O.ClH/c1-10-8-14-12(2,15-9-10)7-11-3-5-13-6-4-11;/h10-11,13-14H,3-9H2,1-2H3;1H. The minimum Gasteiger partial charge on any atom is -0.361 e. The highest BCUT2D eigenvalue weighted by Crippen LogP contribution is 2.27. The smallest absolute Gasteiger partial charge is 0.116 e. The van der Waals surface area contributed by atoms with E-state index in [2.05, 4.69) is 24.5 Å². The Morgan fingerprint density at radius 1 is 1.31 bits per heavy atom. The summed E-state index contributed by atoms with van der Waals surface area (Å²) < 4.78 is 5.95. The Balaban J connectivity index is 0.00000128. The van der Waals surface area contributed by atoms with Crippen LogP contribution in [0.1, 0.15) is 33.1 Å². The van der Waals surface area contributed by atoms with Gasteiger partial charge in [-0.1, -0.05) is 6.92 Å². The van der Waals surface area contributed by atoms with Gasteiger partial charge in [-0.3, -0.25) is 5.32 Å². The molecule has 3 nitrogen and oxygen atoms in total. The normalized spacial score (nSPS) is 36.8. The minimum absolute atomic E-state index is 0. The fourth-order valence-corrected chi connectivity index (χ4v) is 2.59. The monoisotopic (exact) mass is 248 g/mol. The zero-order chi connectivity index (χ0) is 10.7. The predicted molar refractivity (Wildman–Crippen MR) is 69.0 cm³/mol. The van der Waals surface area contributed by atoms with E-state index in [1.54, 1.807) is 0 Å². The lowest BCUT2D eigenvalue weighted by molar-refractivity contribution is -0.114. The first-order valence-electron chi connectivity index (χ1n) is 6.28. The van der Waals surface area contributed by atoms with Crippen LogP contribution in [0.2, 0.25) is 0 Å². The minimum atomic E-state index is -0.0610. The Hall–Kier alpha value is 0.170. The molecule has 2 aliphatic rings. The third kappa shape index (κ3) is 3.88. The number of hydrogen-bond donors (Lipinski definition) is 2. The summed E-state index contributed by atoms with van der Waals surface area (Å²) in [5, 5.41) is 6.96. The van der Waals surface area contributed by atoms with Crippen molar-refractivity contribution in [3.8, 4) is 0 Å². The summed E-state index contributed by atoms with van der Waals surface area (Å²) in [4.78, 5) is 0. The van der Waals surface area contributed by atoms with Gasteiger partial charge in [0.15, 0.2) is 0 Å². The number of ether oxygens (including phenoxy) is 1. The number of rotatable bonds is 2. The Labute approximate surface area is 105 Å². The second kappa shape index (κ2) is 6.20. The van der Waals surface area contributed by atoms with Crippen molar-refractivity contribution in [2.75, 3.05) is 26.2 Å². The van der Waals surface area contributed by atoms with Gasteiger partial charge in [0, 0.05) is 6.54 Å². The first kappa shape index (κ1) is 14.2. The van der Waals surface area contributed by atoms with Crippen LogP contribution in [-0.4, -0.2) is 32.0 Å². The van der Waals surface area contributed by atoms with E-state index < -0.39 is 0 Å².